The van der Waals surface area contributed by atoms with Crippen LogP contribution in [0.25, 0.3) is 0 Å². The van der Waals surface area contributed by atoms with Gasteiger partial charge < -0.3 is 5.32 Å². The van der Waals surface area contributed by atoms with E-state index in [1.54, 1.807) is 0 Å². The lowest BCUT2D eigenvalue weighted by Crippen LogP contribution is -2.43. The van der Waals surface area contributed by atoms with E-state index < -0.39 is 0 Å². The van der Waals surface area contributed by atoms with Gasteiger partial charge in [-0.1, -0.05) is 36.8 Å². The molecule has 0 bridgehead atoms. The fraction of sp³-hybridized carbons (Fsp3) is 0.571. The maximum absolute atomic E-state index is 3.44. The van der Waals surface area contributed by atoms with Crippen molar-refractivity contribution in [3.63, 3.8) is 0 Å². The average Bonchev–Trinajstić information content (AvgIpc) is 2.78. The molecule has 1 aromatic carbocycles. The number of hydrogen-bond acceptors (Lipinski definition) is 2. The first-order chi connectivity index (χ1) is 7.81. The van der Waals surface area contributed by atoms with Gasteiger partial charge in [-0.05, 0) is 32.5 Å². The van der Waals surface area contributed by atoms with Gasteiger partial charge in [0, 0.05) is 18.6 Å². The molecule has 0 spiro atoms. The molecule has 1 aromatic rings. The second-order valence-corrected chi connectivity index (χ2v) is 4.79. The molecule has 88 valence electrons. The molecule has 1 fully saturated rings. The Kier molecular flexibility index (Phi) is 3.97. The second kappa shape index (κ2) is 5.46. The highest BCUT2D eigenvalue weighted by Crippen LogP contribution is 2.24. The molecule has 2 unspecified atom stereocenters. The van der Waals surface area contributed by atoms with Crippen molar-refractivity contribution in [2.75, 3.05) is 14.1 Å². The monoisotopic (exact) mass is 218 g/mol. The van der Waals surface area contributed by atoms with Crippen molar-refractivity contribution < 1.29 is 0 Å². The minimum absolute atomic E-state index is 0.675. The molecule has 2 heteroatoms. The van der Waals surface area contributed by atoms with Crippen molar-refractivity contribution >= 4 is 0 Å². The van der Waals surface area contributed by atoms with Gasteiger partial charge in [-0.15, -0.1) is 0 Å². The smallest absolute Gasteiger partial charge is 0.0249 e. The van der Waals surface area contributed by atoms with Gasteiger partial charge >= 0.3 is 0 Å². The van der Waals surface area contributed by atoms with E-state index in [0.29, 0.717) is 12.1 Å². The van der Waals surface area contributed by atoms with Crippen LogP contribution >= 0.6 is 0 Å². The fourth-order valence-corrected chi connectivity index (χ4v) is 2.79. The number of hydrogen-bond donors (Lipinski definition) is 1. The number of benzene rings is 1. The van der Waals surface area contributed by atoms with Crippen LogP contribution in [-0.2, 0) is 6.54 Å². The van der Waals surface area contributed by atoms with Crippen LogP contribution < -0.4 is 5.32 Å². The van der Waals surface area contributed by atoms with Crippen molar-refractivity contribution in [3.05, 3.63) is 35.9 Å². The van der Waals surface area contributed by atoms with Crippen LogP contribution in [0.5, 0.6) is 0 Å². The fourth-order valence-electron chi connectivity index (χ4n) is 2.79. The molecule has 2 atom stereocenters. The summed E-state index contributed by atoms with van der Waals surface area (Å²) in [5.74, 6) is 0. The molecule has 1 aliphatic rings. The molecule has 2 rings (SSSR count). The molecule has 0 aromatic heterocycles. The maximum atomic E-state index is 3.44. The normalized spacial score (nSPS) is 25.2. The lowest BCUT2D eigenvalue weighted by Gasteiger charge is -2.29. The third kappa shape index (κ3) is 2.63. The Morgan fingerprint density at radius 1 is 1.25 bits per heavy atom. The summed E-state index contributed by atoms with van der Waals surface area (Å²) in [6.45, 7) is 1.06. The first-order valence-corrected chi connectivity index (χ1v) is 6.22. The predicted molar refractivity (Wildman–Crippen MR) is 68.4 cm³/mol. The molecule has 1 saturated carbocycles. The Morgan fingerprint density at radius 2 is 2.00 bits per heavy atom. The zero-order chi connectivity index (χ0) is 11.4. The third-order valence-electron chi connectivity index (χ3n) is 3.69. The van der Waals surface area contributed by atoms with Crippen molar-refractivity contribution in [1.29, 1.82) is 0 Å². The standard InChI is InChI=1S/C14H22N2/c1-15-13-9-6-10-14(13)16(2)11-12-7-4-3-5-8-12/h3-5,7-8,13-15H,6,9-11H2,1-2H3. The van der Waals surface area contributed by atoms with Crippen LogP contribution in [0.3, 0.4) is 0 Å². The summed E-state index contributed by atoms with van der Waals surface area (Å²) in [6, 6.07) is 12.1. The van der Waals surface area contributed by atoms with Crippen molar-refractivity contribution in [1.82, 2.24) is 10.2 Å². The van der Waals surface area contributed by atoms with Gasteiger partial charge in [0.05, 0.1) is 0 Å². The molecule has 2 nitrogen and oxygen atoms in total. The number of likely N-dealkylation sites (N-methyl/N-ethyl adjacent to an activating group) is 2. The van der Waals surface area contributed by atoms with Gasteiger partial charge in [-0.25, -0.2) is 0 Å². The lowest BCUT2D eigenvalue weighted by molar-refractivity contribution is 0.208. The Hall–Kier alpha value is -0.860. The molecule has 0 amide bonds. The number of nitrogens with zero attached hydrogens (tertiary/aromatic N) is 1. The lowest BCUT2D eigenvalue weighted by atomic mass is 10.1. The minimum atomic E-state index is 0.675. The Bertz CT molecular complexity index is 310. The van der Waals surface area contributed by atoms with E-state index >= 15 is 0 Å². The highest BCUT2D eigenvalue weighted by Gasteiger charge is 2.28. The molecule has 0 heterocycles. The van der Waals surface area contributed by atoms with Gasteiger partial charge in [0.15, 0.2) is 0 Å². The first-order valence-electron chi connectivity index (χ1n) is 6.22. The topological polar surface area (TPSA) is 15.3 Å². The minimum Gasteiger partial charge on any atom is -0.315 e. The van der Waals surface area contributed by atoms with E-state index in [1.807, 2.05) is 0 Å². The van der Waals surface area contributed by atoms with Crippen LogP contribution in [0.2, 0.25) is 0 Å². The molecular formula is C14H22N2. The maximum Gasteiger partial charge on any atom is 0.0249 e. The second-order valence-electron chi connectivity index (χ2n) is 4.79. The number of nitrogens with one attached hydrogen (secondary N) is 1. The van der Waals surface area contributed by atoms with Crippen LogP contribution in [0.15, 0.2) is 30.3 Å². The molecule has 0 saturated heterocycles. The molecule has 0 radical (unpaired) electrons. The highest BCUT2D eigenvalue weighted by atomic mass is 15.2. The SMILES string of the molecule is CNC1CCCC1N(C)Cc1ccccc1. The van der Waals surface area contributed by atoms with Gasteiger partial charge in [-0.2, -0.15) is 0 Å². The Morgan fingerprint density at radius 3 is 2.69 bits per heavy atom. The van der Waals surface area contributed by atoms with E-state index in [2.05, 4.69) is 54.6 Å². The summed E-state index contributed by atoms with van der Waals surface area (Å²) in [6.07, 6.45) is 4.00. The summed E-state index contributed by atoms with van der Waals surface area (Å²) in [4.78, 5) is 2.49. The highest BCUT2D eigenvalue weighted by molar-refractivity contribution is 5.14. The quantitative estimate of drug-likeness (QED) is 0.834. The summed E-state index contributed by atoms with van der Waals surface area (Å²) in [7, 11) is 4.33. The van der Waals surface area contributed by atoms with Crippen molar-refractivity contribution in [2.24, 2.45) is 0 Å². The summed E-state index contributed by atoms with van der Waals surface area (Å²) in [5, 5.41) is 3.44. The first kappa shape index (κ1) is 11.6. The average molecular weight is 218 g/mol. The Labute approximate surface area is 98.7 Å². The molecule has 0 aliphatic heterocycles. The van der Waals surface area contributed by atoms with E-state index in [-0.39, 0.29) is 0 Å². The van der Waals surface area contributed by atoms with E-state index in [9.17, 15) is 0 Å². The van der Waals surface area contributed by atoms with Gasteiger partial charge in [0.2, 0.25) is 0 Å². The zero-order valence-corrected chi connectivity index (χ0v) is 10.3. The molecule has 1 N–H and O–H groups in total. The van der Waals surface area contributed by atoms with E-state index in [1.165, 1.54) is 24.8 Å². The molecule has 1 aliphatic carbocycles. The van der Waals surface area contributed by atoms with Crippen molar-refractivity contribution in [3.8, 4) is 0 Å². The van der Waals surface area contributed by atoms with Crippen molar-refractivity contribution in [2.45, 2.75) is 37.9 Å². The summed E-state index contributed by atoms with van der Waals surface area (Å²) < 4.78 is 0. The van der Waals surface area contributed by atoms with Gasteiger partial charge in [-0.3, -0.25) is 4.90 Å². The summed E-state index contributed by atoms with van der Waals surface area (Å²) >= 11 is 0. The largest absolute Gasteiger partial charge is 0.315 e. The zero-order valence-electron chi connectivity index (χ0n) is 10.3. The molecular weight excluding hydrogens is 196 g/mol. The van der Waals surface area contributed by atoms with Crippen LogP contribution in [0, 0.1) is 0 Å². The Balaban J connectivity index is 1.95. The van der Waals surface area contributed by atoms with Crippen LogP contribution in [0.4, 0.5) is 0 Å². The van der Waals surface area contributed by atoms with Gasteiger partial charge in [0.1, 0.15) is 0 Å². The third-order valence-corrected chi connectivity index (χ3v) is 3.69. The molecule has 16 heavy (non-hydrogen) atoms. The van der Waals surface area contributed by atoms with Crippen LogP contribution in [0.1, 0.15) is 24.8 Å². The van der Waals surface area contributed by atoms with Gasteiger partial charge in [0.25, 0.3) is 0 Å². The van der Waals surface area contributed by atoms with E-state index in [4.69, 9.17) is 0 Å². The number of rotatable bonds is 4. The summed E-state index contributed by atoms with van der Waals surface area (Å²) in [5.41, 5.74) is 1.41. The predicted octanol–water partition coefficient (Wildman–Crippen LogP) is 2.26. The van der Waals surface area contributed by atoms with Crippen LogP contribution in [-0.4, -0.2) is 31.1 Å². The van der Waals surface area contributed by atoms with E-state index in [0.717, 1.165) is 6.54 Å².